The van der Waals surface area contributed by atoms with Gasteiger partial charge >= 0.3 is 11.9 Å². The van der Waals surface area contributed by atoms with Crippen LogP contribution in [0.3, 0.4) is 0 Å². The summed E-state index contributed by atoms with van der Waals surface area (Å²) in [6, 6.07) is 15.1. The van der Waals surface area contributed by atoms with Gasteiger partial charge in [-0.15, -0.1) is 0 Å². The average Bonchev–Trinajstić information content (AvgIpc) is 2.90. The van der Waals surface area contributed by atoms with Crippen LogP contribution in [-0.2, 0) is 43.4 Å². The van der Waals surface area contributed by atoms with Crippen molar-refractivity contribution < 1.29 is 23.9 Å². The first-order valence-electron chi connectivity index (χ1n) is 12.1. The quantitative estimate of drug-likeness (QED) is 0.374. The average molecular weight is 482 g/mol. The van der Waals surface area contributed by atoms with Crippen molar-refractivity contribution in [2.45, 2.75) is 63.9 Å². The number of amides is 1. The Hall–Kier alpha value is -3.23. The number of methoxy groups -OCH3 is 1. The van der Waals surface area contributed by atoms with Crippen LogP contribution in [0.4, 0.5) is 0 Å². The van der Waals surface area contributed by atoms with E-state index in [1.165, 1.54) is 7.11 Å². The largest absolute Gasteiger partial charge is 0.468 e. The van der Waals surface area contributed by atoms with E-state index in [0.717, 1.165) is 29.5 Å². The minimum absolute atomic E-state index is 0.138. The van der Waals surface area contributed by atoms with Gasteiger partial charge in [-0.2, -0.15) is 0 Å². The first-order chi connectivity index (χ1) is 16.9. The third-order valence-corrected chi connectivity index (χ3v) is 6.28. The molecule has 8 heteroatoms. The van der Waals surface area contributed by atoms with Gasteiger partial charge < -0.3 is 20.1 Å². The molecule has 0 fully saturated rings. The number of nitrogens with zero attached hydrogens (tertiary/aromatic N) is 1. The topological polar surface area (TPSA) is 111 Å². The van der Waals surface area contributed by atoms with Crippen molar-refractivity contribution in [1.29, 1.82) is 0 Å². The SMILES string of the molecule is COC(=O)[C@H](CCCCN)N[C@@H](C)C(=O)N1Cc2ccccc2C[C@H]1C(=O)OCc1ccccc1. The molecule has 3 rings (SSSR count). The Kier molecular flexibility index (Phi) is 9.81. The van der Waals surface area contributed by atoms with Crippen LogP contribution in [0.5, 0.6) is 0 Å². The molecule has 188 valence electrons. The third-order valence-electron chi connectivity index (χ3n) is 6.28. The maximum atomic E-state index is 13.6. The Morgan fingerprint density at radius 3 is 2.43 bits per heavy atom. The number of esters is 2. The Morgan fingerprint density at radius 1 is 1.06 bits per heavy atom. The highest BCUT2D eigenvalue weighted by atomic mass is 16.5. The van der Waals surface area contributed by atoms with Gasteiger partial charge in [0.15, 0.2) is 0 Å². The number of fused-ring (bicyclic) bond motifs is 1. The second-order valence-corrected chi connectivity index (χ2v) is 8.80. The zero-order valence-corrected chi connectivity index (χ0v) is 20.4. The van der Waals surface area contributed by atoms with Crippen LogP contribution < -0.4 is 11.1 Å². The minimum Gasteiger partial charge on any atom is -0.468 e. The Labute approximate surface area is 206 Å². The van der Waals surface area contributed by atoms with E-state index in [0.29, 0.717) is 25.9 Å². The second kappa shape index (κ2) is 13.0. The van der Waals surface area contributed by atoms with Crippen LogP contribution >= 0.6 is 0 Å². The highest BCUT2D eigenvalue weighted by molar-refractivity contribution is 5.88. The fourth-order valence-corrected chi connectivity index (χ4v) is 4.32. The van der Waals surface area contributed by atoms with Crippen LogP contribution in [0.15, 0.2) is 54.6 Å². The number of nitrogens with two attached hydrogens (primary N) is 1. The minimum atomic E-state index is -0.751. The summed E-state index contributed by atoms with van der Waals surface area (Å²) in [5.41, 5.74) is 8.47. The predicted octanol–water partition coefficient (Wildman–Crippen LogP) is 2.33. The van der Waals surface area contributed by atoms with Crippen molar-refractivity contribution in [1.82, 2.24) is 10.2 Å². The summed E-state index contributed by atoms with van der Waals surface area (Å²) < 4.78 is 10.5. The van der Waals surface area contributed by atoms with Gasteiger partial charge in [-0.3, -0.25) is 14.9 Å². The highest BCUT2D eigenvalue weighted by Crippen LogP contribution is 2.25. The van der Waals surface area contributed by atoms with E-state index >= 15 is 0 Å². The molecule has 2 aromatic rings. The molecule has 8 nitrogen and oxygen atoms in total. The van der Waals surface area contributed by atoms with Crippen LogP contribution in [0.2, 0.25) is 0 Å². The Bertz CT molecular complexity index is 997. The van der Waals surface area contributed by atoms with E-state index in [1.54, 1.807) is 11.8 Å². The molecule has 3 N–H and O–H groups in total. The van der Waals surface area contributed by atoms with Gasteiger partial charge in [0.2, 0.25) is 5.91 Å². The van der Waals surface area contributed by atoms with Gasteiger partial charge in [-0.1, -0.05) is 61.0 Å². The fourth-order valence-electron chi connectivity index (χ4n) is 4.32. The van der Waals surface area contributed by atoms with Crippen molar-refractivity contribution in [3.8, 4) is 0 Å². The van der Waals surface area contributed by atoms with E-state index in [-0.39, 0.29) is 12.5 Å². The summed E-state index contributed by atoms with van der Waals surface area (Å²) >= 11 is 0. The number of ether oxygens (including phenoxy) is 2. The molecule has 1 aliphatic rings. The summed E-state index contributed by atoms with van der Waals surface area (Å²) in [7, 11) is 1.33. The summed E-state index contributed by atoms with van der Waals surface area (Å²) in [6.07, 6.45) is 2.39. The third kappa shape index (κ3) is 7.13. The molecule has 0 spiro atoms. The predicted molar refractivity (Wildman–Crippen MR) is 132 cm³/mol. The van der Waals surface area contributed by atoms with Crippen molar-refractivity contribution in [3.63, 3.8) is 0 Å². The molecule has 35 heavy (non-hydrogen) atoms. The summed E-state index contributed by atoms with van der Waals surface area (Å²) in [5, 5.41) is 3.11. The molecule has 2 aromatic carbocycles. The van der Waals surface area contributed by atoms with Crippen molar-refractivity contribution in [2.75, 3.05) is 13.7 Å². The van der Waals surface area contributed by atoms with Crippen LogP contribution in [-0.4, -0.2) is 54.5 Å². The molecule has 0 unspecified atom stereocenters. The molecule has 0 saturated carbocycles. The number of carbonyl (C=O) groups is 3. The lowest BCUT2D eigenvalue weighted by Gasteiger charge is -2.37. The number of hydrogen-bond acceptors (Lipinski definition) is 7. The van der Waals surface area contributed by atoms with Crippen molar-refractivity contribution in [3.05, 3.63) is 71.3 Å². The molecule has 0 aromatic heterocycles. The number of benzene rings is 2. The number of carbonyl (C=O) groups excluding carboxylic acids is 3. The van der Waals surface area contributed by atoms with Gasteiger partial charge in [0.1, 0.15) is 18.7 Å². The Morgan fingerprint density at radius 2 is 1.74 bits per heavy atom. The van der Waals surface area contributed by atoms with Crippen molar-refractivity contribution >= 4 is 17.8 Å². The van der Waals surface area contributed by atoms with Gasteiger partial charge in [-0.05, 0) is 43.0 Å². The monoisotopic (exact) mass is 481 g/mol. The number of hydrogen-bond donors (Lipinski definition) is 2. The molecule has 1 amide bonds. The van der Waals surface area contributed by atoms with Crippen molar-refractivity contribution in [2.24, 2.45) is 5.73 Å². The molecular formula is C27H35N3O5. The number of unbranched alkanes of at least 4 members (excludes halogenated alkanes) is 1. The number of rotatable bonds is 11. The van der Waals surface area contributed by atoms with Gasteiger partial charge in [0.05, 0.1) is 13.2 Å². The number of nitrogens with one attached hydrogen (secondary N) is 1. The van der Waals surface area contributed by atoms with Gasteiger partial charge in [0, 0.05) is 13.0 Å². The summed E-state index contributed by atoms with van der Waals surface area (Å²) in [4.78, 5) is 40.5. The van der Waals surface area contributed by atoms with E-state index in [9.17, 15) is 14.4 Å². The second-order valence-electron chi connectivity index (χ2n) is 8.80. The lowest BCUT2D eigenvalue weighted by molar-refractivity contribution is -0.158. The van der Waals surface area contributed by atoms with Crippen LogP contribution in [0.1, 0.15) is 42.9 Å². The smallest absolute Gasteiger partial charge is 0.329 e. The van der Waals surface area contributed by atoms with Crippen LogP contribution in [0.25, 0.3) is 0 Å². The molecule has 0 aliphatic carbocycles. The summed E-state index contributed by atoms with van der Waals surface area (Å²) in [5.74, 6) is -1.14. The summed E-state index contributed by atoms with van der Waals surface area (Å²) in [6.45, 7) is 2.66. The zero-order chi connectivity index (χ0) is 25.2. The maximum Gasteiger partial charge on any atom is 0.329 e. The molecule has 1 aliphatic heterocycles. The lowest BCUT2D eigenvalue weighted by Crippen LogP contribution is -2.56. The zero-order valence-electron chi connectivity index (χ0n) is 20.4. The molecule has 0 radical (unpaired) electrons. The molecule has 3 atom stereocenters. The molecular weight excluding hydrogens is 446 g/mol. The fraction of sp³-hybridized carbons (Fsp3) is 0.444. The van der Waals surface area contributed by atoms with Crippen LogP contribution in [0, 0.1) is 0 Å². The Balaban J connectivity index is 1.75. The van der Waals surface area contributed by atoms with Gasteiger partial charge in [0.25, 0.3) is 0 Å². The molecule has 0 bridgehead atoms. The molecule has 1 heterocycles. The normalized spacial score (nSPS) is 16.7. The van der Waals surface area contributed by atoms with E-state index < -0.39 is 30.1 Å². The van der Waals surface area contributed by atoms with E-state index in [4.69, 9.17) is 15.2 Å². The van der Waals surface area contributed by atoms with E-state index in [1.807, 2.05) is 54.6 Å². The first-order valence-corrected chi connectivity index (χ1v) is 12.1. The highest BCUT2D eigenvalue weighted by Gasteiger charge is 2.38. The lowest BCUT2D eigenvalue weighted by atomic mass is 9.93. The first kappa shape index (κ1) is 26.4. The van der Waals surface area contributed by atoms with Gasteiger partial charge in [-0.25, -0.2) is 4.79 Å². The van der Waals surface area contributed by atoms with E-state index in [2.05, 4.69) is 5.32 Å². The maximum absolute atomic E-state index is 13.6. The standard InChI is InChI=1S/C27H35N3O5/c1-19(29-23(26(32)34-2)14-8-9-15-28)25(31)30-17-22-13-7-6-12-21(22)16-24(30)27(33)35-18-20-10-4-3-5-11-20/h3-7,10-13,19,23-24,29H,8-9,14-18,28H2,1-2H3/t19-,23-,24-/m0/s1. The molecule has 0 saturated heterocycles.